The minimum Gasteiger partial charge on any atom is -0.497 e. The summed E-state index contributed by atoms with van der Waals surface area (Å²) < 4.78 is 10.9. The number of Topliss-reactive ketones (excluding diaryl/α,β-unsaturated/α-hetero) is 1. The molecule has 33 heavy (non-hydrogen) atoms. The van der Waals surface area contributed by atoms with Crippen molar-refractivity contribution in [3.05, 3.63) is 65.9 Å². The van der Waals surface area contributed by atoms with Crippen molar-refractivity contribution in [2.24, 2.45) is 0 Å². The summed E-state index contributed by atoms with van der Waals surface area (Å²) in [6, 6.07) is 17.2. The lowest BCUT2D eigenvalue weighted by molar-refractivity contribution is -0.134. The van der Waals surface area contributed by atoms with Crippen LogP contribution in [0.1, 0.15) is 35.8 Å². The number of benzene rings is 2. The van der Waals surface area contributed by atoms with Crippen LogP contribution in [0.3, 0.4) is 0 Å². The molecule has 3 aromatic rings. The number of ether oxygens (including phenoxy) is 1. The van der Waals surface area contributed by atoms with Gasteiger partial charge in [-0.2, -0.15) is 0 Å². The van der Waals surface area contributed by atoms with Gasteiger partial charge < -0.3 is 19.1 Å². The Morgan fingerprint density at radius 2 is 1.73 bits per heavy atom. The number of aromatic nitrogens is 1. The van der Waals surface area contributed by atoms with Crippen molar-refractivity contribution in [1.29, 1.82) is 0 Å². The first-order valence-electron chi connectivity index (χ1n) is 11.3. The molecule has 170 valence electrons. The van der Waals surface area contributed by atoms with Gasteiger partial charge in [-0.1, -0.05) is 17.3 Å². The number of carbonyl (C=O) groups is 2. The number of carbonyl (C=O) groups excluding carboxylic acids is 2. The fourth-order valence-electron chi connectivity index (χ4n) is 4.50. The Bertz CT molecular complexity index is 1170. The van der Waals surface area contributed by atoms with Crippen LogP contribution in [0.4, 0.5) is 5.69 Å². The highest BCUT2D eigenvalue weighted by molar-refractivity contribution is 5.94. The first kappa shape index (κ1) is 21.2. The van der Waals surface area contributed by atoms with Gasteiger partial charge >= 0.3 is 0 Å². The number of nitrogens with zero attached hydrogens (tertiary/aromatic N) is 3. The van der Waals surface area contributed by atoms with Crippen LogP contribution in [0.25, 0.3) is 11.3 Å². The third-order valence-corrected chi connectivity index (χ3v) is 6.72. The average Bonchev–Trinajstić information content (AvgIpc) is 3.52. The van der Waals surface area contributed by atoms with E-state index in [9.17, 15) is 9.59 Å². The molecule has 0 spiro atoms. The smallest absolute Gasteiger partial charge is 0.235 e. The highest BCUT2D eigenvalue weighted by atomic mass is 16.5. The summed E-state index contributed by atoms with van der Waals surface area (Å²) >= 11 is 0. The summed E-state index contributed by atoms with van der Waals surface area (Å²) in [5.74, 6) is 1.59. The van der Waals surface area contributed by atoms with E-state index in [0.29, 0.717) is 30.1 Å². The molecule has 7 nitrogen and oxygen atoms in total. The van der Waals surface area contributed by atoms with Crippen molar-refractivity contribution in [3.8, 4) is 17.1 Å². The van der Waals surface area contributed by atoms with E-state index in [-0.39, 0.29) is 11.7 Å². The van der Waals surface area contributed by atoms with Crippen molar-refractivity contribution in [3.63, 3.8) is 0 Å². The van der Waals surface area contributed by atoms with E-state index < -0.39 is 5.41 Å². The molecule has 0 atom stereocenters. The summed E-state index contributed by atoms with van der Waals surface area (Å²) in [7, 11) is 1.63. The van der Waals surface area contributed by atoms with E-state index in [2.05, 4.69) is 10.1 Å². The minimum atomic E-state index is -0.564. The molecular weight excluding hydrogens is 418 g/mol. The molecule has 0 unspecified atom stereocenters. The molecule has 1 amide bonds. The Kier molecular flexibility index (Phi) is 5.40. The number of anilines is 1. The molecule has 7 heteroatoms. The van der Waals surface area contributed by atoms with Gasteiger partial charge in [-0.3, -0.25) is 9.59 Å². The molecule has 0 N–H and O–H groups in total. The number of piperazine rings is 1. The summed E-state index contributed by atoms with van der Waals surface area (Å²) in [5.41, 5.74) is 2.82. The largest absolute Gasteiger partial charge is 0.497 e. The van der Waals surface area contributed by atoms with Crippen molar-refractivity contribution in [1.82, 2.24) is 10.1 Å². The molecular formula is C26H27N3O4. The van der Waals surface area contributed by atoms with Crippen LogP contribution < -0.4 is 9.64 Å². The lowest BCUT2D eigenvalue weighted by Gasteiger charge is -2.37. The van der Waals surface area contributed by atoms with Crippen LogP contribution >= 0.6 is 0 Å². The molecule has 1 aliphatic heterocycles. The Morgan fingerprint density at radius 3 is 2.36 bits per heavy atom. The number of hydrogen-bond acceptors (Lipinski definition) is 6. The summed E-state index contributed by atoms with van der Waals surface area (Å²) in [5, 5.41) is 4.28. The zero-order chi connectivity index (χ0) is 23.0. The quantitative estimate of drug-likeness (QED) is 0.535. The van der Waals surface area contributed by atoms with E-state index >= 15 is 0 Å². The van der Waals surface area contributed by atoms with E-state index in [1.165, 1.54) is 0 Å². The third-order valence-electron chi connectivity index (χ3n) is 6.72. The normalized spacial score (nSPS) is 17.0. The van der Waals surface area contributed by atoms with Crippen molar-refractivity contribution < 1.29 is 18.8 Å². The van der Waals surface area contributed by atoms with Crippen LogP contribution in [0.5, 0.6) is 5.75 Å². The van der Waals surface area contributed by atoms with Crippen LogP contribution in [0.2, 0.25) is 0 Å². The molecule has 2 aliphatic rings. The minimum absolute atomic E-state index is 0.0640. The fourth-order valence-corrected chi connectivity index (χ4v) is 4.50. The van der Waals surface area contributed by atoms with Gasteiger partial charge in [0.15, 0.2) is 11.5 Å². The van der Waals surface area contributed by atoms with E-state index in [0.717, 1.165) is 42.9 Å². The monoisotopic (exact) mass is 445 g/mol. The lowest BCUT2D eigenvalue weighted by atomic mass is 9.99. The second-order valence-corrected chi connectivity index (χ2v) is 8.77. The second kappa shape index (κ2) is 8.39. The van der Waals surface area contributed by atoms with Gasteiger partial charge in [0.05, 0.1) is 18.2 Å². The predicted molar refractivity (Wildman–Crippen MR) is 125 cm³/mol. The van der Waals surface area contributed by atoms with Gasteiger partial charge in [0, 0.05) is 49.1 Å². The van der Waals surface area contributed by atoms with Gasteiger partial charge in [-0.05, 0) is 56.2 Å². The molecule has 1 saturated carbocycles. The number of hydrogen-bond donors (Lipinski definition) is 0. The third kappa shape index (κ3) is 3.99. The van der Waals surface area contributed by atoms with E-state index in [1.54, 1.807) is 14.0 Å². The average molecular weight is 446 g/mol. The van der Waals surface area contributed by atoms with Crippen LogP contribution in [0, 0.1) is 0 Å². The maximum Gasteiger partial charge on any atom is 0.235 e. The SMILES string of the molecule is COc1cccc(-c2cc(C3(C(=O)N4CCN(c5ccc(C(C)=O)cc5)CC4)CC3)no2)c1. The summed E-state index contributed by atoms with van der Waals surface area (Å²) in [6.07, 6.45) is 1.59. The van der Waals surface area contributed by atoms with Crippen molar-refractivity contribution in [2.75, 3.05) is 38.2 Å². The Labute approximate surface area is 192 Å². The maximum absolute atomic E-state index is 13.5. The standard InChI is InChI=1S/C26H27N3O4/c1-18(30)19-6-8-21(9-7-19)28-12-14-29(15-13-28)25(31)26(10-11-26)24-17-23(33-27-24)20-4-3-5-22(16-20)32-2/h3-9,16-17H,10-15H2,1-2H3. The summed E-state index contributed by atoms with van der Waals surface area (Å²) in [4.78, 5) is 29.2. The zero-order valence-corrected chi connectivity index (χ0v) is 18.9. The first-order valence-corrected chi connectivity index (χ1v) is 11.3. The number of ketones is 1. The molecule has 1 saturated heterocycles. The molecule has 2 heterocycles. The molecule has 5 rings (SSSR count). The van der Waals surface area contributed by atoms with Crippen LogP contribution in [-0.4, -0.2) is 55.0 Å². The fraction of sp³-hybridized carbons (Fsp3) is 0.346. The van der Waals surface area contributed by atoms with Gasteiger partial charge in [-0.25, -0.2) is 0 Å². The number of methoxy groups -OCH3 is 1. The second-order valence-electron chi connectivity index (χ2n) is 8.77. The Balaban J connectivity index is 1.26. The van der Waals surface area contributed by atoms with Gasteiger partial charge in [0.2, 0.25) is 5.91 Å². The predicted octanol–water partition coefficient (Wildman–Crippen LogP) is 3.93. The van der Waals surface area contributed by atoms with Gasteiger partial charge in [0.25, 0.3) is 0 Å². The Hall–Kier alpha value is -3.61. The Morgan fingerprint density at radius 1 is 1.00 bits per heavy atom. The highest BCUT2D eigenvalue weighted by Crippen LogP contribution is 2.50. The van der Waals surface area contributed by atoms with Crippen LogP contribution in [-0.2, 0) is 10.2 Å². The first-order chi connectivity index (χ1) is 16.0. The molecule has 2 aromatic carbocycles. The zero-order valence-electron chi connectivity index (χ0n) is 18.9. The molecule has 1 aliphatic carbocycles. The summed E-state index contributed by atoms with van der Waals surface area (Å²) in [6.45, 7) is 4.41. The lowest BCUT2D eigenvalue weighted by Crippen LogP contribution is -2.51. The van der Waals surface area contributed by atoms with E-state index in [1.807, 2.05) is 59.5 Å². The van der Waals surface area contributed by atoms with Gasteiger partial charge in [0.1, 0.15) is 5.75 Å². The molecule has 1 aromatic heterocycles. The van der Waals surface area contributed by atoms with Gasteiger partial charge in [-0.15, -0.1) is 0 Å². The molecule has 0 radical (unpaired) electrons. The molecule has 2 fully saturated rings. The maximum atomic E-state index is 13.5. The van der Waals surface area contributed by atoms with Crippen molar-refractivity contribution in [2.45, 2.75) is 25.2 Å². The topological polar surface area (TPSA) is 75.9 Å². The molecule has 0 bridgehead atoms. The van der Waals surface area contributed by atoms with Crippen LogP contribution in [0.15, 0.2) is 59.1 Å². The number of rotatable bonds is 6. The van der Waals surface area contributed by atoms with Crippen molar-refractivity contribution >= 4 is 17.4 Å². The highest BCUT2D eigenvalue weighted by Gasteiger charge is 2.55. The van der Waals surface area contributed by atoms with E-state index in [4.69, 9.17) is 9.26 Å². The number of amides is 1.